The molecule has 1 spiro atoms. The fraction of sp³-hybridized carbons (Fsp3) is 0.0588. The van der Waals surface area contributed by atoms with E-state index in [0.29, 0.717) is 0 Å². The molecule has 2 aliphatic rings. The summed E-state index contributed by atoms with van der Waals surface area (Å²) in [7, 11) is 0. The van der Waals surface area contributed by atoms with Gasteiger partial charge in [0.1, 0.15) is 0 Å². The maximum atomic E-state index is 2.55. The highest BCUT2D eigenvalue weighted by Gasteiger charge is 2.52. The van der Waals surface area contributed by atoms with Gasteiger partial charge in [-0.25, -0.2) is 0 Å². The average Bonchev–Trinajstić information content (AvgIpc) is 3.64. The van der Waals surface area contributed by atoms with Crippen LogP contribution in [0.15, 0.2) is 176 Å². The second-order valence-electron chi connectivity index (χ2n) is 14.6. The highest BCUT2D eigenvalue weighted by atomic mass is 15.1. The van der Waals surface area contributed by atoms with Crippen molar-refractivity contribution in [3.63, 3.8) is 0 Å². The van der Waals surface area contributed by atoms with Crippen molar-refractivity contribution < 1.29 is 0 Å². The molecule has 52 heavy (non-hydrogen) atoms. The Morgan fingerprint density at radius 1 is 0.308 bits per heavy atom. The number of anilines is 3. The Morgan fingerprint density at radius 2 is 0.750 bits per heavy atom. The van der Waals surface area contributed by atoms with Gasteiger partial charge in [0.15, 0.2) is 0 Å². The monoisotopic (exact) mass is 661 g/mol. The standard InChI is InChI=1S/C51H35N/c1-32-13-11-15-34(27-32)52(35-16-12-14-33(2)28-35)36-25-26-49-45(29-36)46-30-43-39-19-5-3-17-37(39)38-18-4-6-20-40(38)44(43)31-50(46)51(49)47-23-9-7-21-41(47)42-22-8-10-24-48(42)51/h3-31H,1-2H3. The summed E-state index contributed by atoms with van der Waals surface area (Å²) in [4.78, 5) is 2.42. The number of aryl methyl sites for hydroxylation is 2. The van der Waals surface area contributed by atoms with Crippen molar-refractivity contribution in [1.29, 1.82) is 0 Å². The highest BCUT2D eigenvalue weighted by Crippen LogP contribution is 2.64. The minimum atomic E-state index is -0.436. The van der Waals surface area contributed by atoms with E-state index in [0.717, 1.165) is 17.1 Å². The molecule has 0 radical (unpaired) electrons. The molecule has 9 aromatic carbocycles. The number of fused-ring (bicyclic) bond motifs is 16. The molecule has 0 saturated heterocycles. The van der Waals surface area contributed by atoms with Crippen LogP contribution in [0.1, 0.15) is 33.4 Å². The van der Waals surface area contributed by atoms with E-state index in [9.17, 15) is 0 Å². The van der Waals surface area contributed by atoms with E-state index < -0.39 is 5.41 Å². The molecule has 0 atom stereocenters. The highest BCUT2D eigenvalue weighted by molar-refractivity contribution is 6.26. The largest absolute Gasteiger partial charge is 0.310 e. The Kier molecular flexibility index (Phi) is 6.08. The maximum absolute atomic E-state index is 2.55. The van der Waals surface area contributed by atoms with Crippen LogP contribution in [0.25, 0.3) is 54.6 Å². The van der Waals surface area contributed by atoms with Crippen LogP contribution in [0.4, 0.5) is 17.1 Å². The van der Waals surface area contributed by atoms with Crippen LogP contribution >= 0.6 is 0 Å². The molecule has 0 unspecified atom stereocenters. The lowest BCUT2D eigenvalue weighted by Crippen LogP contribution is -2.26. The quantitative estimate of drug-likeness (QED) is 0.170. The number of rotatable bonds is 3. The second kappa shape index (κ2) is 10.8. The first-order valence-corrected chi connectivity index (χ1v) is 18.3. The summed E-state index contributed by atoms with van der Waals surface area (Å²) in [5.74, 6) is 0. The molecule has 0 aromatic heterocycles. The van der Waals surface area contributed by atoms with E-state index in [4.69, 9.17) is 0 Å². The van der Waals surface area contributed by atoms with E-state index in [1.165, 1.54) is 88.0 Å². The van der Waals surface area contributed by atoms with Crippen molar-refractivity contribution in [3.8, 4) is 22.3 Å². The van der Waals surface area contributed by atoms with Crippen molar-refractivity contribution in [2.75, 3.05) is 4.90 Å². The molecule has 244 valence electrons. The van der Waals surface area contributed by atoms with Crippen LogP contribution in [0, 0.1) is 13.8 Å². The van der Waals surface area contributed by atoms with Gasteiger partial charge < -0.3 is 4.90 Å². The minimum absolute atomic E-state index is 0.436. The molecule has 0 heterocycles. The smallest absolute Gasteiger partial charge is 0.0725 e. The first-order chi connectivity index (χ1) is 25.6. The van der Waals surface area contributed by atoms with Crippen LogP contribution in [-0.2, 0) is 5.41 Å². The van der Waals surface area contributed by atoms with E-state index in [-0.39, 0.29) is 0 Å². The van der Waals surface area contributed by atoms with Crippen LogP contribution < -0.4 is 4.90 Å². The third-order valence-electron chi connectivity index (χ3n) is 11.7. The summed E-state index contributed by atoms with van der Waals surface area (Å²) >= 11 is 0. The molecular weight excluding hydrogens is 627 g/mol. The first kappa shape index (κ1) is 29.3. The van der Waals surface area contributed by atoms with E-state index in [1.807, 2.05) is 0 Å². The lowest BCUT2D eigenvalue weighted by Gasteiger charge is -2.31. The van der Waals surface area contributed by atoms with Gasteiger partial charge in [0.25, 0.3) is 0 Å². The number of hydrogen-bond donors (Lipinski definition) is 0. The fourth-order valence-corrected chi connectivity index (χ4v) is 9.65. The molecular formula is C51H35N. The zero-order chi connectivity index (χ0) is 34.6. The van der Waals surface area contributed by atoms with Gasteiger partial charge in [-0.2, -0.15) is 0 Å². The zero-order valence-corrected chi connectivity index (χ0v) is 29.2. The van der Waals surface area contributed by atoms with Gasteiger partial charge in [-0.3, -0.25) is 0 Å². The van der Waals surface area contributed by atoms with E-state index in [2.05, 4.69) is 195 Å². The fourth-order valence-electron chi connectivity index (χ4n) is 9.65. The number of benzene rings is 9. The van der Waals surface area contributed by atoms with Gasteiger partial charge >= 0.3 is 0 Å². The topological polar surface area (TPSA) is 3.24 Å². The van der Waals surface area contributed by atoms with E-state index >= 15 is 0 Å². The third kappa shape index (κ3) is 3.88. The maximum Gasteiger partial charge on any atom is 0.0725 e. The Bertz CT molecular complexity index is 2860. The van der Waals surface area contributed by atoms with Crippen LogP contribution in [0.5, 0.6) is 0 Å². The average molecular weight is 662 g/mol. The Hall–Kier alpha value is -6.44. The number of nitrogens with zero attached hydrogens (tertiary/aromatic N) is 1. The van der Waals surface area contributed by atoms with Crippen LogP contribution in [-0.4, -0.2) is 0 Å². The van der Waals surface area contributed by atoms with Crippen molar-refractivity contribution in [3.05, 3.63) is 209 Å². The molecule has 1 nitrogen and oxygen atoms in total. The summed E-state index contributed by atoms with van der Waals surface area (Å²) in [6, 6.07) is 66.1. The SMILES string of the molecule is Cc1cccc(N(c2cccc(C)c2)c2ccc3c(c2)-c2cc4c5ccccc5c5ccccc5c4cc2C32c3ccccc3-c3ccccc32)c1. The predicted octanol–water partition coefficient (Wildman–Crippen LogP) is 13.6. The van der Waals surface area contributed by atoms with Crippen LogP contribution in [0.2, 0.25) is 0 Å². The molecule has 0 amide bonds. The van der Waals surface area contributed by atoms with Gasteiger partial charge in [0.2, 0.25) is 0 Å². The summed E-state index contributed by atoms with van der Waals surface area (Å²) in [6.07, 6.45) is 0. The molecule has 1 heteroatoms. The van der Waals surface area contributed by atoms with Crippen molar-refractivity contribution in [2.45, 2.75) is 19.3 Å². The summed E-state index contributed by atoms with van der Waals surface area (Å²) in [5, 5.41) is 7.81. The molecule has 0 N–H and O–H groups in total. The van der Waals surface area contributed by atoms with Crippen molar-refractivity contribution in [1.82, 2.24) is 0 Å². The van der Waals surface area contributed by atoms with Gasteiger partial charge in [-0.15, -0.1) is 0 Å². The first-order valence-electron chi connectivity index (χ1n) is 18.3. The molecule has 11 rings (SSSR count). The molecule has 0 bridgehead atoms. The molecule has 0 fully saturated rings. The summed E-state index contributed by atoms with van der Waals surface area (Å²) in [5.41, 5.74) is 16.2. The zero-order valence-electron chi connectivity index (χ0n) is 29.2. The molecule has 9 aromatic rings. The van der Waals surface area contributed by atoms with Gasteiger partial charge in [0.05, 0.1) is 5.41 Å². The molecule has 0 saturated carbocycles. The van der Waals surface area contributed by atoms with E-state index in [1.54, 1.807) is 0 Å². The van der Waals surface area contributed by atoms with Gasteiger partial charge in [-0.05, 0) is 150 Å². The summed E-state index contributed by atoms with van der Waals surface area (Å²) in [6.45, 7) is 4.35. The minimum Gasteiger partial charge on any atom is -0.310 e. The Morgan fingerprint density at radius 3 is 1.31 bits per heavy atom. The van der Waals surface area contributed by atoms with Gasteiger partial charge in [0, 0.05) is 17.1 Å². The molecule has 0 aliphatic heterocycles. The van der Waals surface area contributed by atoms with Gasteiger partial charge in [-0.1, -0.05) is 127 Å². The van der Waals surface area contributed by atoms with Crippen molar-refractivity contribution >= 4 is 49.4 Å². The Balaban J connectivity index is 1.28. The lowest BCUT2D eigenvalue weighted by atomic mass is 9.70. The number of hydrogen-bond acceptors (Lipinski definition) is 1. The summed E-state index contributed by atoms with van der Waals surface area (Å²) < 4.78 is 0. The van der Waals surface area contributed by atoms with Crippen molar-refractivity contribution in [2.24, 2.45) is 0 Å². The lowest BCUT2D eigenvalue weighted by molar-refractivity contribution is 0.795. The normalized spacial score (nSPS) is 13.3. The predicted molar refractivity (Wildman–Crippen MR) is 219 cm³/mol. The molecule has 2 aliphatic carbocycles. The second-order valence-corrected chi connectivity index (χ2v) is 14.6. The third-order valence-corrected chi connectivity index (χ3v) is 11.7. The van der Waals surface area contributed by atoms with Crippen LogP contribution in [0.3, 0.4) is 0 Å². The Labute approximate surface area is 304 Å².